The van der Waals surface area contributed by atoms with E-state index in [1.165, 1.54) is 116 Å². The van der Waals surface area contributed by atoms with Gasteiger partial charge in [-0.3, -0.25) is 4.79 Å². The SMILES string of the molecule is CCCCCCCCCCCCCCC(O)C(=O)NC(O)CC(O)C(O)CCCCCCCCCCCCCC. The molecule has 0 aliphatic rings. The van der Waals surface area contributed by atoms with Crippen LogP contribution >= 0.6 is 0 Å². The molecule has 0 spiro atoms. The molecular formula is C34H69NO5. The zero-order valence-electron chi connectivity index (χ0n) is 26.6. The molecule has 5 N–H and O–H groups in total. The van der Waals surface area contributed by atoms with Gasteiger partial charge >= 0.3 is 0 Å². The lowest BCUT2D eigenvalue weighted by molar-refractivity contribution is -0.133. The van der Waals surface area contributed by atoms with Crippen LogP contribution in [0, 0.1) is 0 Å². The molecule has 0 fully saturated rings. The minimum absolute atomic E-state index is 0.142. The highest BCUT2D eigenvalue weighted by molar-refractivity contribution is 5.80. The zero-order valence-corrected chi connectivity index (χ0v) is 26.6. The molecule has 0 aromatic carbocycles. The number of amides is 1. The van der Waals surface area contributed by atoms with Gasteiger partial charge in [0, 0.05) is 6.42 Å². The van der Waals surface area contributed by atoms with Crippen molar-refractivity contribution in [3.05, 3.63) is 0 Å². The summed E-state index contributed by atoms with van der Waals surface area (Å²) < 4.78 is 0. The van der Waals surface area contributed by atoms with Gasteiger partial charge in [-0.05, 0) is 12.8 Å². The molecule has 0 heterocycles. The van der Waals surface area contributed by atoms with Crippen molar-refractivity contribution in [2.45, 2.75) is 212 Å². The second kappa shape index (κ2) is 29.8. The first-order valence-electron chi connectivity index (χ1n) is 17.4. The van der Waals surface area contributed by atoms with E-state index in [1.54, 1.807) is 0 Å². The van der Waals surface area contributed by atoms with E-state index in [0.29, 0.717) is 12.8 Å². The molecule has 240 valence electrons. The molecule has 0 radical (unpaired) electrons. The Morgan fingerprint density at radius 3 is 1.18 bits per heavy atom. The Labute approximate surface area is 248 Å². The normalized spacial score (nSPS) is 14.7. The lowest BCUT2D eigenvalue weighted by Gasteiger charge is -2.22. The van der Waals surface area contributed by atoms with Crippen molar-refractivity contribution >= 4 is 5.91 Å². The largest absolute Gasteiger partial charge is 0.390 e. The van der Waals surface area contributed by atoms with Crippen molar-refractivity contribution in [2.75, 3.05) is 0 Å². The Balaban J connectivity index is 3.68. The third-order valence-electron chi connectivity index (χ3n) is 8.20. The number of hydrogen-bond donors (Lipinski definition) is 5. The van der Waals surface area contributed by atoms with Crippen LogP contribution in [0.2, 0.25) is 0 Å². The summed E-state index contributed by atoms with van der Waals surface area (Å²) in [4.78, 5) is 12.2. The minimum atomic E-state index is -1.28. The van der Waals surface area contributed by atoms with E-state index in [9.17, 15) is 25.2 Å². The van der Waals surface area contributed by atoms with Crippen molar-refractivity contribution in [3.8, 4) is 0 Å². The maximum atomic E-state index is 12.2. The number of nitrogens with one attached hydrogen (secondary N) is 1. The van der Waals surface area contributed by atoms with Crippen LogP contribution < -0.4 is 5.32 Å². The lowest BCUT2D eigenvalue weighted by Crippen LogP contribution is -2.44. The van der Waals surface area contributed by atoms with E-state index in [-0.39, 0.29) is 6.42 Å². The van der Waals surface area contributed by atoms with Gasteiger partial charge in [-0.15, -0.1) is 0 Å². The molecule has 40 heavy (non-hydrogen) atoms. The molecule has 0 aliphatic heterocycles. The maximum Gasteiger partial charge on any atom is 0.250 e. The molecule has 6 nitrogen and oxygen atoms in total. The van der Waals surface area contributed by atoms with Crippen LogP contribution in [0.1, 0.15) is 187 Å². The molecule has 6 heteroatoms. The van der Waals surface area contributed by atoms with Crippen LogP contribution in [0.4, 0.5) is 0 Å². The van der Waals surface area contributed by atoms with Crippen LogP contribution in [-0.2, 0) is 4.79 Å². The second-order valence-electron chi connectivity index (χ2n) is 12.3. The monoisotopic (exact) mass is 572 g/mol. The first-order chi connectivity index (χ1) is 19.4. The second-order valence-corrected chi connectivity index (χ2v) is 12.3. The molecule has 0 bridgehead atoms. The summed E-state index contributed by atoms with van der Waals surface area (Å²) in [6.07, 6.45) is 25.9. The Hall–Kier alpha value is -0.690. The summed E-state index contributed by atoms with van der Waals surface area (Å²) in [5.41, 5.74) is 0. The van der Waals surface area contributed by atoms with Gasteiger partial charge in [-0.1, -0.05) is 168 Å². The standard InChI is InChI=1S/C34H69NO5/c1-3-5-7-9-11-13-15-17-19-21-23-25-27-30(36)32(38)29-33(39)35-34(40)31(37)28-26-24-22-20-18-16-14-12-10-8-6-4-2/h30-33,36-39H,3-29H2,1-2H3,(H,35,40). The predicted octanol–water partition coefficient (Wildman–Crippen LogP) is 8.08. The van der Waals surface area contributed by atoms with Crippen molar-refractivity contribution in [2.24, 2.45) is 0 Å². The summed E-state index contributed by atoms with van der Waals surface area (Å²) in [6, 6.07) is 0. The summed E-state index contributed by atoms with van der Waals surface area (Å²) in [5, 5.41) is 43.0. The fourth-order valence-electron chi connectivity index (χ4n) is 5.40. The number of carbonyl (C=O) groups excluding carboxylic acids is 1. The highest BCUT2D eigenvalue weighted by Gasteiger charge is 2.23. The number of carbonyl (C=O) groups is 1. The van der Waals surface area contributed by atoms with E-state index in [4.69, 9.17) is 0 Å². The smallest absolute Gasteiger partial charge is 0.250 e. The van der Waals surface area contributed by atoms with Crippen LogP contribution in [0.25, 0.3) is 0 Å². The predicted molar refractivity (Wildman–Crippen MR) is 168 cm³/mol. The maximum absolute atomic E-state index is 12.2. The zero-order chi connectivity index (χ0) is 29.7. The lowest BCUT2D eigenvalue weighted by atomic mass is 10.0. The van der Waals surface area contributed by atoms with Crippen molar-refractivity contribution in [3.63, 3.8) is 0 Å². The molecule has 4 unspecified atom stereocenters. The van der Waals surface area contributed by atoms with Crippen LogP contribution in [-0.4, -0.2) is 50.9 Å². The van der Waals surface area contributed by atoms with Gasteiger partial charge in [-0.2, -0.15) is 0 Å². The molecule has 4 atom stereocenters. The minimum Gasteiger partial charge on any atom is -0.390 e. The summed E-state index contributed by atoms with van der Waals surface area (Å²) in [5.74, 6) is -0.613. The van der Waals surface area contributed by atoms with Gasteiger partial charge in [0.25, 0.3) is 5.91 Å². The van der Waals surface area contributed by atoms with Gasteiger partial charge in [0.15, 0.2) is 0 Å². The van der Waals surface area contributed by atoms with Crippen LogP contribution in [0.5, 0.6) is 0 Å². The van der Waals surface area contributed by atoms with E-state index in [0.717, 1.165) is 38.5 Å². The average Bonchev–Trinajstić information content (AvgIpc) is 2.93. The van der Waals surface area contributed by atoms with Gasteiger partial charge in [0.1, 0.15) is 12.3 Å². The van der Waals surface area contributed by atoms with E-state index in [2.05, 4.69) is 19.2 Å². The average molecular weight is 572 g/mol. The van der Waals surface area contributed by atoms with Gasteiger partial charge < -0.3 is 25.7 Å². The Kier molecular flexibility index (Phi) is 29.3. The number of unbranched alkanes of at least 4 members (excludes halogenated alkanes) is 22. The summed E-state index contributed by atoms with van der Waals surface area (Å²) >= 11 is 0. The van der Waals surface area contributed by atoms with Gasteiger partial charge in [0.2, 0.25) is 0 Å². The Morgan fingerprint density at radius 1 is 0.475 bits per heavy atom. The van der Waals surface area contributed by atoms with Crippen molar-refractivity contribution in [1.82, 2.24) is 5.32 Å². The number of hydrogen-bond acceptors (Lipinski definition) is 5. The van der Waals surface area contributed by atoms with Crippen molar-refractivity contribution in [1.29, 1.82) is 0 Å². The third kappa shape index (κ3) is 26.2. The first kappa shape index (κ1) is 39.3. The topological polar surface area (TPSA) is 110 Å². The molecule has 0 aromatic heterocycles. The van der Waals surface area contributed by atoms with Gasteiger partial charge in [0.05, 0.1) is 12.2 Å². The molecule has 0 saturated carbocycles. The molecule has 0 aliphatic carbocycles. The van der Waals surface area contributed by atoms with E-state index < -0.39 is 30.4 Å². The number of aliphatic hydroxyl groups excluding tert-OH is 4. The van der Waals surface area contributed by atoms with Crippen LogP contribution in [0.3, 0.4) is 0 Å². The molecule has 0 aromatic rings. The van der Waals surface area contributed by atoms with Gasteiger partial charge in [-0.25, -0.2) is 0 Å². The quantitative estimate of drug-likeness (QED) is 0.0427. The molecular weight excluding hydrogens is 502 g/mol. The van der Waals surface area contributed by atoms with E-state index >= 15 is 0 Å². The van der Waals surface area contributed by atoms with Crippen molar-refractivity contribution < 1.29 is 25.2 Å². The fourth-order valence-corrected chi connectivity index (χ4v) is 5.40. The first-order valence-corrected chi connectivity index (χ1v) is 17.4. The highest BCUT2D eigenvalue weighted by atomic mass is 16.3. The fraction of sp³-hybridized carbons (Fsp3) is 0.971. The Bertz CT molecular complexity index is 532. The summed E-state index contributed by atoms with van der Waals surface area (Å²) in [6.45, 7) is 4.49. The molecule has 0 saturated heterocycles. The number of rotatable bonds is 31. The third-order valence-corrected chi connectivity index (χ3v) is 8.20. The number of aliphatic hydroxyl groups is 4. The summed E-state index contributed by atoms with van der Waals surface area (Å²) in [7, 11) is 0. The van der Waals surface area contributed by atoms with Crippen LogP contribution in [0.15, 0.2) is 0 Å². The van der Waals surface area contributed by atoms with E-state index in [1.807, 2.05) is 0 Å². The molecule has 0 rings (SSSR count). The molecule has 1 amide bonds. The Morgan fingerprint density at radius 2 is 0.800 bits per heavy atom. The highest BCUT2D eigenvalue weighted by Crippen LogP contribution is 2.16.